The molecule has 0 radical (unpaired) electrons. The Morgan fingerprint density at radius 1 is 0.870 bits per heavy atom. The second-order valence-electron chi connectivity index (χ2n) is 8.35. The van der Waals surface area contributed by atoms with Crippen LogP contribution in [0.5, 0.6) is 5.75 Å². The highest BCUT2D eigenvalue weighted by atomic mass is 16.3. The van der Waals surface area contributed by atoms with Crippen molar-refractivity contribution in [2.75, 3.05) is 0 Å². The Morgan fingerprint density at radius 2 is 1.43 bits per heavy atom. The van der Waals surface area contributed by atoms with Crippen LogP contribution in [0.3, 0.4) is 0 Å². The summed E-state index contributed by atoms with van der Waals surface area (Å²) >= 11 is 0. The van der Waals surface area contributed by atoms with Gasteiger partial charge in [-0.05, 0) is 33.6 Å². The van der Waals surface area contributed by atoms with Gasteiger partial charge in [0.2, 0.25) is 0 Å². The van der Waals surface area contributed by atoms with E-state index in [4.69, 9.17) is 5.73 Å². The zero-order valence-electron chi connectivity index (χ0n) is 15.1. The molecule has 0 aliphatic rings. The number of benzene rings is 2. The molecule has 3 N–H and O–H groups in total. The van der Waals surface area contributed by atoms with E-state index in [0.717, 1.165) is 16.7 Å². The zero-order chi connectivity index (χ0) is 17.4. The molecule has 0 aromatic heterocycles. The van der Waals surface area contributed by atoms with Gasteiger partial charge < -0.3 is 10.8 Å². The van der Waals surface area contributed by atoms with Crippen LogP contribution < -0.4 is 5.73 Å². The molecule has 124 valence electrons. The van der Waals surface area contributed by atoms with E-state index in [1.54, 1.807) is 0 Å². The van der Waals surface area contributed by atoms with Gasteiger partial charge in [-0.15, -0.1) is 0 Å². The van der Waals surface area contributed by atoms with Crippen LogP contribution in [-0.4, -0.2) is 5.11 Å². The van der Waals surface area contributed by atoms with Crippen LogP contribution in [0.4, 0.5) is 0 Å². The van der Waals surface area contributed by atoms with Crippen molar-refractivity contribution in [3.63, 3.8) is 0 Å². The van der Waals surface area contributed by atoms with Crippen molar-refractivity contribution in [1.82, 2.24) is 0 Å². The van der Waals surface area contributed by atoms with Gasteiger partial charge in [-0.3, -0.25) is 0 Å². The van der Waals surface area contributed by atoms with Crippen molar-refractivity contribution in [3.8, 4) is 5.75 Å². The van der Waals surface area contributed by atoms with Crippen LogP contribution in [0.25, 0.3) is 0 Å². The van der Waals surface area contributed by atoms with Crippen LogP contribution in [0, 0.1) is 0 Å². The van der Waals surface area contributed by atoms with Gasteiger partial charge in [0, 0.05) is 5.56 Å². The lowest BCUT2D eigenvalue weighted by molar-refractivity contribution is 0.435. The van der Waals surface area contributed by atoms with Crippen molar-refractivity contribution < 1.29 is 5.11 Å². The van der Waals surface area contributed by atoms with Crippen LogP contribution in [0.2, 0.25) is 0 Å². The summed E-state index contributed by atoms with van der Waals surface area (Å²) in [4.78, 5) is 0. The summed E-state index contributed by atoms with van der Waals surface area (Å²) in [5, 5.41) is 10.9. The summed E-state index contributed by atoms with van der Waals surface area (Å²) in [6, 6.07) is 13.8. The third kappa shape index (κ3) is 3.76. The maximum Gasteiger partial charge on any atom is 0.124 e. The minimum atomic E-state index is -0.334. The second-order valence-corrected chi connectivity index (χ2v) is 8.35. The van der Waals surface area contributed by atoms with Crippen molar-refractivity contribution in [1.29, 1.82) is 0 Å². The molecule has 0 saturated heterocycles. The minimum absolute atomic E-state index is 0.00113. The number of rotatable bonds is 2. The molecule has 0 saturated carbocycles. The summed E-state index contributed by atoms with van der Waals surface area (Å²) in [7, 11) is 0. The molecule has 1 unspecified atom stereocenters. The van der Waals surface area contributed by atoms with Gasteiger partial charge in [0.05, 0.1) is 6.04 Å². The first kappa shape index (κ1) is 17.6. The van der Waals surface area contributed by atoms with E-state index in [0.29, 0.717) is 5.75 Å². The van der Waals surface area contributed by atoms with Gasteiger partial charge >= 0.3 is 0 Å². The van der Waals surface area contributed by atoms with Crippen LogP contribution in [0.1, 0.15) is 69.8 Å². The number of phenolic OH excluding ortho intramolecular Hbond substituents is 1. The number of phenols is 1. The molecule has 0 spiro atoms. The van der Waals surface area contributed by atoms with E-state index in [2.05, 4.69) is 53.7 Å². The van der Waals surface area contributed by atoms with Crippen molar-refractivity contribution in [2.45, 2.75) is 58.4 Å². The lowest BCUT2D eigenvalue weighted by Crippen LogP contribution is -2.20. The maximum absolute atomic E-state index is 10.9. The van der Waals surface area contributed by atoms with Crippen LogP contribution in [-0.2, 0) is 10.8 Å². The molecule has 0 amide bonds. The van der Waals surface area contributed by atoms with Gasteiger partial charge in [-0.1, -0.05) is 77.9 Å². The largest absolute Gasteiger partial charge is 0.507 e. The highest BCUT2D eigenvalue weighted by molar-refractivity contribution is 5.52. The van der Waals surface area contributed by atoms with Gasteiger partial charge in [0.15, 0.2) is 0 Å². The molecule has 2 nitrogen and oxygen atoms in total. The summed E-state index contributed by atoms with van der Waals surface area (Å²) in [5.74, 6) is 0.321. The van der Waals surface area contributed by atoms with E-state index >= 15 is 0 Å². The fourth-order valence-electron chi connectivity index (χ4n) is 2.74. The lowest BCUT2D eigenvalue weighted by Gasteiger charge is -2.29. The highest BCUT2D eigenvalue weighted by Gasteiger charge is 2.27. The number of hydrogen-bond acceptors (Lipinski definition) is 2. The van der Waals surface area contributed by atoms with E-state index in [1.807, 2.05) is 30.3 Å². The average molecular weight is 311 g/mol. The van der Waals surface area contributed by atoms with Gasteiger partial charge in [0.25, 0.3) is 0 Å². The molecule has 0 aliphatic carbocycles. The predicted molar refractivity (Wildman–Crippen MR) is 98.0 cm³/mol. The van der Waals surface area contributed by atoms with Gasteiger partial charge in [0.1, 0.15) is 5.75 Å². The Labute approximate surface area is 140 Å². The van der Waals surface area contributed by atoms with Crippen molar-refractivity contribution in [2.24, 2.45) is 5.73 Å². The molecule has 0 aliphatic heterocycles. The summed E-state index contributed by atoms with van der Waals surface area (Å²) in [6.45, 7) is 12.9. The van der Waals surface area contributed by atoms with E-state index in [9.17, 15) is 5.11 Å². The summed E-state index contributed by atoms with van der Waals surface area (Å²) in [5.41, 5.74) is 10.3. The molecule has 2 aromatic rings. The van der Waals surface area contributed by atoms with Gasteiger partial charge in [-0.2, -0.15) is 0 Å². The molecule has 23 heavy (non-hydrogen) atoms. The quantitative estimate of drug-likeness (QED) is 0.816. The third-order valence-electron chi connectivity index (χ3n) is 4.31. The molecule has 2 aromatic carbocycles. The SMILES string of the molecule is CC(C)(C)c1cc(C(N)c2ccccc2)c(O)c(C(C)(C)C)c1. The molecule has 0 fully saturated rings. The smallest absolute Gasteiger partial charge is 0.124 e. The number of hydrogen-bond donors (Lipinski definition) is 2. The normalized spacial score (nSPS) is 13.9. The van der Waals surface area contributed by atoms with Crippen molar-refractivity contribution >= 4 is 0 Å². The Morgan fingerprint density at radius 3 is 1.91 bits per heavy atom. The Bertz CT molecular complexity index is 675. The molecule has 2 heteroatoms. The zero-order valence-corrected chi connectivity index (χ0v) is 15.1. The topological polar surface area (TPSA) is 46.2 Å². The number of nitrogens with two attached hydrogens (primary N) is 1. The minimum Gasteiger partial charge on any atom is -0.507 e. The highest BCUT2D eigenvalue weighted by Crippen LogP contribution is 2.40. The lowest BCUT2D eigenvalue weighted by atomic mass is 9.77. The van der Waals surface area contributed by atoms with E-state index in [1.165, 1.54) is 5.56 Å². The Kier molecular flexibility index (Phi) is 4.59. The Balaban J connectivity index is 2.67. The third-order valence-corrected chi connectivity index (χ3v) is 4.31. The summed E-state index contributed by atoms with van der Waals surface area (Å²) < 4.78 is 0. The molecule has 1 atom stereocenters. The first-order valence-electron chi connectivity index (χ1n) is 8.20. The number of aromatic hydroxyl groups is 1. The fraction of sp³-hybridized carbons (Fsp3) is 0.429. The molecule has 0 bridgehead atoms. The Hall–Kier alpha value is -1.80. The monoisotopic (exact) mass is 311 g/mol. The first-order chi connectivity index (χ1) is 10.5. The standard InChI is InChI=1S/C21H29NO/c1-20(2,3)15-12-16(18(22)14-10-8-7-9-11-14)19(23)17(13-15)21(4,5)6/h7-13,18,23H,22H2,1-6H3. The molecule has 2 rings (SSSR count). The van der Waals surface area contributed by atoms with Crippen LogP contribution >= 0.6 is 0 Å². The first-order valence-corrected chi connectivity index (χ1v) is 8.20. The maximum atomic E-state index is 10.9. The fourth-order valence-corrected chi connectivity index (χ4v) is 2.74. The predicted octanol–water partition coefficient (Wildman–Crippen LogP) is 5.04. The molecular formula is C21H29NO. The van der Waals surface area contributed by atoms with Crippen molar-refractivity contribution in [3.05, 3.63) is 64.7 Å². The average Bonchev–Trinajstić information content (AvgIpc) is 2.45. The molecule has 0 heterocycles. The summed E-state index contributed by atoms with van der Waals surface area (Å²) in [6.07, 6.45) is 0. The van der Waals surface area contributed by atoms with Gasteiger partial charge in [-0.25, -0.2) is 0 Å². The molecular weight excluding hydrogens is 282 g/mol. The van der Waals surface area contributed by atoms with Crippen LogP contribution in [0.15, 0.2) is 42.5 Å². The van der Waals surface area contributed by atoms with E-state index in [-0.39, 0.29) is 16.9 Å². The second kappa shape index (κ2) is 6.01. The van der Waals surface area contributed by atoms with E-state index < -0.39 is 0 Å².